The molecule has 1 aliphatic rings. The van der Waals surface area contributed by atoms with Crippen LogP contribution in [0.25, 0.3) is 0 Å². The SMILES string of the molecule is NNC(Cc1ccsc1)C1COCCO1. The van der Waals surface area contributed by atoms with Crippen LogP contribution in [-0.4, -0.2) is 32.0 Å². The highest BCUT2D eigenvalue weighted by molar-refractivity contribution is 7.07. The van der Waals surface area contributed by atoms with E-state index in [0.717, 1.165) is 6.42 Å². The van der Waals surface area contributed by atoms with Gasteiger partial charge in [-0.15, -0.1) is 0 Å². The van der Waals surface area contributed by atoms with Crippen LogP contribution in [0.5, 0.6) is 0 Å². The summed E-state index contributed by atoms with van der Waals surface area (Å²) < 4.78 is 11.0. The Bertz CT molecular complexity index is 273. The number of hydrazine groups is 1. The molecule has 1 saturated heterocycles. The highest BCUT2D eigenvalue weighted by Crippen LogP contribution is 2.13. The summed E-state index contributed by atoms with van der Waals surface area (Å²) in [6, 6.07) is 2.23. The molecule has 2 unspecified atom stereocenters. The zero-order valence-electron chi connectivity index (χ0n) is 8.52. The van der Waals surface area contributed by atoms with Crippen molar-refractivity contribution >= 4 is 11.3 Å². The van der Waals surface area contributed by atoms with Crippen molar-refractivity contribution in [3.8, 4) is 0 Å². The summed E-state index contributed by atoms with van der Waals surface area (Å²) in [4.78, 5) is 0. The van der Waals surface area contributed by atoms with Gasteiger partial charge >= 0.3 is 0 Å². The average Bonchev–Trinajstić information content (AvgIpc) is 2.80. The second-order valence-electron chi connectivity index (χ2n) is 3.59. The third kappa shape index (κ3) is 2.99. The predicted molar refractivity (Wildman–Crippen MR) is 59.7 cm³/mol. The van der Waals surface area contributed by atoms with Gasteiger partial charge in [-0.1, -0.05) is 0 Å². The van der Waals surface area contributed by atoms with Crippen LogP contribution in [0.15, 0.2) is 16.8 Å². The fourth-order valence-electron chi connectivity index (χ4n) is 1.70. The second kappa shape index (κ2) is 5.58. The fraction of sp³-hybridized carbons (Fsp3) is 0.600. The Labute approximate surface area is 93.3 Å². The lowest BCUT2D eigenvalue weighted by molar-refractivity contribution is -0.101. The second-order valence-corrected chi connectivity index (χ2v) is 4.37. The Kier molecular flexibility index (Phi) is 4.10. The Morgan fingerprint density at radius 2 is 2.53 bits per heavy atom. The van der Waals surface area contributed by atoms with Gasteiger partial charge in [0.15, 0.2) is 0 Å². The van der Waals surface area contributed by atoms with E-state index in [-0.39, 0.29) is 12.1 Å². The van der Waals surface area contributed by atoms with Crippen molar-refractivity contribution in [3.63, 3.8) is 0 Å². The van der Waals surface area contributed by atoms with Gasteiger partial charge in [-0.3, -0.25) is 11.3 Å². The smallest absolute Gasteiger partial charge is 0.0978 e. The highest BCUT2D eigenvalue weighted by atomic mass is 32.1. The number of ether oxygens (including phenoxy) is 2. The number of hydrogen-bond donors (Lipinski definition) is 2. The molecule has 0 aliphatic carbocycles. The Hall–Kier alpha value is -0.460. The maximum absolute atomic E-state index is 5.62. The molecule has 0 spiro atoms. The molecule has 1 aromatic rings. The minimum Gasteiger partial charge on any atom is -0.376 e. The number of thiophene rings is 1. The molecule has 2 atom stereocenters. The Morgan fingerprint density at radius 3 is 3.13 bits per heavy atom. The summed E-state index contributed by atoms with van der Waals surface area (Å²) >= 11 is 1.70. The van der Waals surface area contributed by atoms with Crippen LogP contribution in [0.1, 0.15) is 5.56 Å². The largest absolute Gasteiger partial charge is 0.376 e. The molecule has 4 nitrogen and oxygen atoms in total. The summed E-state index contributed by atoms with van der Waals surface area (Å²) in [5.74, 6) is 5.54. The van der Waals surface area contributed by atoms with E-state index >= 15 is 0 Å². The molecule has 0 amide bonds. The van der Waals surface area contributed by atoms with Gasteiger partial charge in [-0.05, 0) is 28.8 Å². The van der Waals surface area contributed by atoms with E-state index in [2.05, 4.69) is 22.3 Å². The summed E-state index contributed by atoms with van der Waals surface area (Å²) in [5.41, 5.74) is 4.10. The summed E-state index contributed by atoms with van der Waals surface area (Å²) in [7, 11) is 0. The van der Waals surface area contributed by atoms with E-state index in [1.807, 2.05) is 0 Å². The predicted octanol–water partition coefficient (Wildman–Crippen LogP) is 0.538. The Balaban J connectivity index is 1.91. The van der Waals surface area contributed by atoms with Crippen LogP contribution < -0.4 is 11.3 Å². The van der Waals surface area contributed by atoms with E-state index in [0.29, 0.717) is 19.8 Å². The molecule has 0 saturated carbocycles. The minimum atomic E-state index is 0.0589. The molecule has 5 heteroatoms. The van der Waals surface area contributed by atoms with Crippen molar-refractivity contribution in [1.29, 1.82) is 0 Å². The number of nitrogens with two attached hydrogens (primary N) is 1. The Morgan fingerprint density at radius 1 is 1.60 bits per heavy atom. The topological polar surface area (TPSA) is 56.5 Å². The molecule has 0 radical (unpaired) electrons. The third-order valence-corrected chi connectivity index (χ3v) is 3.27. The van der Waals surface area contributed by atoms with Crippen LogP contribution in [0, 0.1) is 0 Å². The molecule has 0 bridgehead atoms. The van der Waals surface area contributed by atoms with Gasteiger partial charge in [0.05, 0.1) is 32.0 Å². The standard InChI is InChI=1S/C10H16N2O2S/c11-12-9(5-8-1-4-15-7-8)10-6-13-2-3-14-10/h1,4,7,9-10,12H,2-3,5-6,11H2. The van der Waals surface area contributed by atoms with E-state index < -0.39 is 0 Å². The van der Waals surface area contributed by atoms with Crippen molar-refractivity contribution < 1.29 is 9.47 Å². The minimum absolute atomic E-state index is 0.0589. The van der Waals surface area contributed by atoms with Crippen molar-refractivity contribution in [3.05, 3.63) is 22.4 Å². The molecule has 84 valence electrons. The van der Waals surface area contributed by atoms with Gasteiger partial charge in [0.1, 0.15) is 0 Å². The summed E-state index contributed by atoms with van der Waals surface area (Å²) in [6.45, 7) is 1.97. The molecule has 3 N–H and O–H groups in total. The highest BCUT2D eigenvalue weighted by Gasteiger charge is 2.24. The van der Waals surface area contributed by atoms with Crippen molar-refractivity contribution in [2.24, 2.45) is 5.84 Å². The maximum atomic E-state index is 5.62. The summed E-state index contributed by atoms with van der Waals surface area (Å²) in [5, 5.41) is 4.20. The third-order valence-electron chi connectivity index (χ3n) is 2.54. The first-order chi connectivity index (χ1) is 7.40. The van der Waals surface area contributed by atoms with Crippen LogP contribution in [0.2, 0.25) is 0 Å². The quantitative estimate of drug-likeness (QED) is 0.583. The van der Waals surface area contributed by atoms with Crippen LogP contribution >= 0.6 is 11.3 Å². The van der Waals surface area contributed by atoms with E-state index in [1.54, 1.807) is 11.3 Å². The van der Waals surface area contributed by atoms with Crippen LogP contribution in [-0.2, 0) is 15.9 Å². The molecule has 15 heavy (non-hydrogen) atoms. The van der Waals surface area contributed by atoms with Crippen molar-refractivity contribution in [2.45, 2.75) is 18.6 Å². The van der Waals surface area contributed by atoms with Crippen molar-refractivity contribution in [2.75, 3.05) is 19.8 Å². The van der Waals surface area contributed by atoms with E-state index in [1.165, 1.54) is 5.56 Å². The monoisotopic (exact) mass is 228 g/mol. The zero-order chi connectivity index (χ0) is 10.5. The number of hydrogen-bond acceptors (Lipinski definition) is 5. The molecule has 1 fully saturated rings. The average molecular weight is 228 g/mol. The molecular weight excluding hydrogens is 212 g/mol. The number of nitrogens with one attached hydrogen (secondary N) is 1. The number of rotatable bonds is 4. The van der Waals surface area contributed by atoms with Gasteiger partial charge in [0.2, 0.25) is 0 Å². The lowest BCUT2D eigenvalue weighted by Crippen LogP contribution is -2.50. The zero-order valence-corrected chi connectivity index (χ0v) is 9.33. The first-order valence-corrected chi connectivity index (χ1v) is 6.01. The van der Waals surface area contributed by atoms with Gasteiger partial charge in [-0.25, -0.2) is 0 Å². The maximum Gasteiger partial charge on any atom is 0.0978 e. The van der Waals surface area contributed by atoms with Gasteiger partial charge in [0, 0.05) is 0 Å². The van der Waals surface area contributed by atoms with Gasteiger partial charge < -0.3 is 9.47 Å². The van der Waals surface area contributed by atoms with E-state index in [9.17, 15) is 0 Å². The molecule has 2 heterocycles. The normalized spacial score (nSPS) is 23.9. The van der Waals surface area contributed by atoms with Crippen molar-refractivity contribution in [1.82, 2.24) is 5.43 Å². The first kappa shape index (κ1) is 11.0. The molecule has 1 aromatic heterocycles. The molecule has 0 aromatic carbocycles. The molecule has 2 rings (SSSR count). The summed E-state index contributed by atoms with van der Waals surface area (Å²) in [6.07, 6.45) is 0.942. The first-order valence-electron chi connectivity index (χ1n) is 5.06. The lowest BCUT2D eigenvalue weighted by Gasteiger charge is -2.29. The lowest BCUT2D eigenvalue weighted by atomic mass is 10.0. The van der Waals surface area contributed by atoms with Crippen LogP contribution in [0.4, 0.5) is 0 Å². The van der Waals surface area contributed by atoms with Gasteiger partial charge in [-0.2, -0.15) is 11.3 Å². The molecule has 1 aliphatic heterocycles. The molecular formula is C10H16N2O2S. The van der Waals surface area contributed by atoms with E-state index in [4.69, 9.17) is 15.3 Å². The van der Waals surface area contributed by atoms with Gasteiger partial charge in [0.25, 0.3) is 0 Å². The fourth-order valence-corrected chi connectivity index (χ4v) is 2.38. The van der Waals surface area contributed by atoms with Crippen LogP contribution in [0.3, 0.4) is 0 Å².